The molecule has 2 fully saturated rings. The molecule has 2 atom stereocenters. The molecule has 1 aliphatic carbocycles. The lowest BCUT2D eigenvalue weighted by Gasteiger charge is -2.42. The molecule has 1 aromatic carbocycles. The summed E-state index contributed by atoms with van der Waals surface area (Å²) in [6.45, 7) is 7.17. The molecule has 0 spiro atoms. The number of benzene rings is 1. The Bertz CT molecular complexity index is 594. The van der Waals surface area contributed by atoms with Crippen LogP contribution in [0.1, 0.15) is 48.5 Å². The summed E-state index contributed by atoms with van der Waals surface area (Å²) < 4.78 is 5.57. The average molecular weight is 360 g/mol. The van der Waals surface area contributed by atoms with Crippen molar-refractivity contribution in [3.63, 3.8) is 0 Å². The van der Waals surface area contributed by atoms with E-state index in [-0.39, 0.29) is 5.41 Å². The Hall–Kier alpha value is -1.43. The standard InChI is InChI=1S/C21H32N2O3/c1-3-17-12-19(17)22-14-21(15-26-2)8-10-23(11-9-21)13-16-4-6-18(7-5-16)20(24)25/h4-7,17,19,22H,3,8-15H2,1-2H3,(H,24,25)/t17?,19-/m1/s1. The number of carbonyl (C=O) groups is 1. The number of hydrogen-bond acceptors (Lipinski definition) is 4. The predicted octanol–water partition coefficient (Wildman–Crippen LogP) is 3.00. The summed E-state index contributed by atoms with van der Waals surface area (Å²) in [6, 6.07) is 7.97. The van der Waals surface area contributed by atoms with Crippen molar-refractivity contribution < 1.29 is 14.6 Å². The van der Waals surface area contributed by atoms with Gasteiger partial charge in [-0.05, 0) is 56.0 Å². The Kier molecular flexibility index (Phi) is 6.33. The summed E-state index contributed by atoms with van der Waals surface area (Å²) in [5.41, 5.74) is 1.78. The van der Waals surface area contributed by atoms with Crippen LogP contribution in [0.4, 0.5) is 0 Å². The zero-order valence-electron chi connectivity index (χ0n) is 16.0. The quantitative estimate of drug-likeness (QED) is 0.709. The second-order valence-corrected chi connectivity index (χ2v) is 8.10. The highest BCUT2D eigenvalue weighted by Gasteiger charge is 2.39. The summed E-state index contributed by atoms with van der Waals surface area (Å²) in [4.78, 5) is 13.4. The number of ether oxygens (including phenoxy) is 1. The van der Waals surface area contributed by atoms with E-state index in [9.17, 15) is 4.79 Å². The summed E-state index contributed by atoms with van der Waals surface area (Å²) in [7, 11) is 1.81. The zero-order valence-corrected chi connectivity index (χ0v) is 16.0. The molecule has 0 radical (unpaired) electrons. The van der Waals surface area contributed by atoms with Crippen molar-refractivity contribution in [1.82, 2.24) is 10.2 Å². The van der Waals surface area contributed by atoms with Crippen LogP contribution >= 0.6 is 0 Å². The third kappa shape index (κ3) is 4.84. The number of carboxylic acids is 1. The lowest BCUT2D eigenvalue weighted by Crippen LogP contribution is -2.47. The maximum Gasteiger partial charge on any atom is 0.335 e. The molecule has 1 unspecified atom stereocenters. The fourth-order valence-corrected chi connectivity index (χ4v) is 4.17. The van der Waals surface area contributed by atoms with Gasteiger partial charge in [0.25, 0.3) is 0 Å². The molecule has 1 saturated carbocycles. The molecule has 5 nitrogen and oxygen atoms in total. The Morgan fingerprint density at radius 1 is 1.31 bits per heavy atom. The maximum absolute atomic E-state index is 11.0. The summed E-state index contributed by atoms with van der Waals surface area (Å²) in [6.07, 6.45) is 4.90. The normalized spacial score (nSPS) is 25.2. The Balaban J connectivity index is 1.49. The van der Waals surface area contributed by atoms with Crippen molar-refractivity contribution in [2.75, 3.05) is 33.4 Å². The van der Waals surface area contributed by atoms with Gasteiger partial charge in [-0.3, -0.25) is 4.90 Å². The topological polar surface area (TPSA) is 61.8 Å². The number of aromatic carboxylic acids is 1. The van der Waals surface area contributed by atoms with Gasteiger partial charge in [-0.25, -0.2) is 4.79 Å². The van der Waals surface area contributed by atoms with E-state index >= 15 is 0 Å². The third-order valence-corrected chi connectivity index (χ3v) is 6.16. The lowest BCUT2D eigenvalue weighted by atomic mass is 9.78. The van der Waals surface area contributed by atoms with E-state index in [0.717, 1.165) is 57.6 Å². The molecule has 1 aliphatic heterocycles. The fourth-order valence-electron chi connectivity index (χ4n) is 4.17. The van der Waals surface area contributed by atoms with Gasteiger partial charge in [0, 0.05) is 31.7 Å². The first-order valence-corrected chi connectivity index (χ1v) is 9.82. The van der Waals surface area contributed by atoms with Gasteiger partial charge in [0.05, 0.1) is 12.2 Å². The first-order chi connectivity index (χ1) is 12.5. The molecule has 0 bridgehead atoms. The van der Waals surface area contributed by atoms with E-state index in [1.807, 2.05) is 19.2 Å². The molecule has 5 heteroatoms. The van der Waals surface area contributed by atoms with Crippen LogP contribution in [0, 0.1) is 11.3 Å². The zero-order chi connectivity index (χ0) is 18.6. The Morgan fingerprint density at radius 2 is 2.00 bits per heavy atom. The summed E-state index contributed by atoms with van der Waals surface area (Å²) >= 11 is 0. The van der Waals surface area contributed by atoms with Crippen LogP contribution in [0.2, 0.25) is 0 Å². The minimum atomic E-state index is -0.868. The number of rotatable bonds is 9. The van der Waals surface area contributed by atoms with Gasteiger partial charge in [0.15, 0.2) is 0 Å². The fraction of sp³-hybridized carbons (Fsp3) is 0.667. The number of piperidine rings is 1. The van der Waals surface area contributed by atoms with Crippen molar-refractivity contribution in [3.8, 4) is 0 Å². The average Bonchev–Trinajstić information content (AvgIpc) is 3.42. The van der Waals surface area contributed by atoms with Crippen LogP contribution in [0.25, 0.3) is 0 Å². The molecule has 1 heterocycles. The second kappa shape index (κ2) is 8.51. The Morgan fingerprint density at radius 3 is 2.54 bits per heavy atom. The number of nitrogens with zero attached hydrogens (tertiary/aromatic N) is 1. The van der Waals surface area contributed by atoms with Crippen LogP contribution in [0.3, 0.4) is 0 Å². The SMILES string of the molecule is CCC1C[C@H]1NCC1(COC)CCN(Cc2ccc(C(=O)O)cc2)CC1. The maximum atomic E-state index is 11.0. The predicted molar refractivity (Wildman–Crippen MR) is 102 cm³/mol. The van der Waals surface area contributed by atoms with Gasteiger partial charge in [-0.2, -0.15) is 0 Å². The summed E-state index contributed by atoms with van der Waals surface area (Å²) in [5, 5.41) is 12.8. The monoisotopic (exact) mass is 360 g/mol. The van der Waals surface area contributed by atoms with Gasteiger partial charge in [0.2, 0.25) is 0 Å². The van der Waals surface area contributed by atoms with Crippen LogP contribution in [0.5, 0.6) is 0 Å². The number of nitrogens with one attached hydrogen (secondary N) is 1. The molecule has 1 aromatic rings. The van der Waals surface area contributed by atoms with Gasteiger partial charge in [-0.1, -0.05) is 25.5 Å². The molecule has 3 rings (SSSR count). The molecule has 2 aliphatic rings. The first kappa shape index (κ1) is 19.3. The van der Waals surface area contributed by atoms with E-state index in [0.29, 0.717) is 5.56 Å². The number of hydrogen-bond donors (Lipinski definition) is 2. The molecular formula is C21H32N2O3. The van der Waals surface area contributed by atoms with Crippen molar-refractivity contribution >= 4 is 5.97 Å². The number of carboxylic acid groups (broad SMARTS) is 1. The largest absolute Gasteiger partial charge is 0.478 e. The van der Waals surface area contributed by atoms with Crippen LogP contribution in [-0.2, 0) is 11.3 Å². The first-order valence-electron chi connectivity index (χ1n) is 9.82. The van der Waals surface area contributed by atoms with Gasteiger partial charge < -0.3 is 15.2 Å². The minimum Gasteiger partial charge on any atom is -0.478 e. The van der Waals surface area contributed by atoms with E-state index in [2.05, 4.69) is 17.1 Å². The molecular weight excluding hydrogens is 328 g/mol. The minimum absolute atomic E-state index is 0.249. The van der Waals surface area contributed by atoms with Gasteiger partial charge in [-0.15, -0.1) is 0 Å². The van der Waals surface area contributed by atoms with E-state index in [4.69, 9.17) is 9.84 Å². The van der Waals surface area contributed by atoms with Crippen LogP contribution in [-0.4, -0.2) is 55.4 Å². The van der Waals surface area contributed by atoms with Crippen molar-refractivity contribution in [3.05, 3.63) is 35.4 Å². The second-order valence-electron chi connectivity index (χ2n) is 8.10. The molecule has 1 saturated heterocycles. The lowest BCUT2D eigenvalue weighted by molar-refractivity contribution is 0.0192. The van der Waals surface area contributed by atoms with E-state index in [1.165, 1.54) is 18.4 Å². The van der Waals surface area contributed by atoms with Crippen LogP contribution < -0.4 is 5.32 Å². The molecule has 26 heavy (non-hydrogen) atoms. The molecule has 144 valence electrons. The number of likely N-dealkylation sites (tertiary alicyclic amines) is 1. The molecule has 0 aromatic heterocycles. The third-order valence-electron chi connectivity index (χ3n) is 6.16. The van der Waals surface area contributed by atoms with Gasteiger partial charge in [0.1, 0.15) is 0 Å². The molecule has 2 N–H and O–H groups in total. The number of methoxy groups -OCH3 is 1. The highest BCUT2D eigenvalue weighted by molar-refractivity contribution is 5.87. The Labute approximate surface area is 156 Å². The van der Waals surface area contributed by atoms with Gasteiger partial charge >= 0.3 is 5.97 Å². The molecule has 0 amide bonds. The summed E-state index contributed by atoms with van der Waals surface area (Å²) in [5.74, 6) is 0.0100. The smallest absolute Gasteiger partial charge is 0.335 e. The van der Waals surface area contributed by atoms with Crippen LogP contribution in [0.15, 0.2) is 24.3 Å². The van der Waals surface area contributed by atoms with E-state index in [1.54, 1.807) is 12.1 Å². The van der Waals surface area contributed by atoms with Crippen molar-refractivity contribution in [1.29, 1.82) is 0 Å². The highest BCUT2D eigenvalue weighted by atomic mass is 16.5. The highest BCUT2D eigenvalue weighted by Crippen LogP contribution is 2.36. The van der Waals surface area contributed by atoms with Crippen molar-refractivity contribution in [2.45, 2.75) is 45.2 Å². The van der Waals surface area contributed by atoms with Crippen molar-refractivity contribution in [2.24, 2.45) is 11.3 Å². The van der Waals surface area contributed by atoms with E-state index < -0.39 is 5.97 Å².